The highest BCUT2D eigenvalue weighted by Crippen LogP contribution is 2.25. The van der Waals surface area contributed by atoms with Crippen LogP contribution in [0.25, 0.3) is 12.2 Å². The van der Waals surface area contributed by atoms with Crippen molar-refractivity contribution >= 4 is 29.7 Å². The Bertz CT molecular complexity index is 663. The molecule has 4 heteroatoms. The summed E-state index contributed by atoms with van der Waals surface area (Å²) in [5.74, 6) is -0.474. The van der Waals surface area contributed by atoms with E-state index in [0.29, 0.717) is 16.3 Å². The summed E-state index contributed by atoms with van der Waals surface area (Å²) in [5.41, 5.74) is 1.62. The molecule has 0 aromatic heterocycles. The lowest BCUT2D eigenvalue weighted by Gasteiger charge is -2.07. The smallest absolute Gasteiger partial charge is 0.336 e. The quantitative estimate of drug-likeness (QED) is 0.857. The van der Waals surface area contributed by atoms with Gasteiger partial charge in [0, 0.05) is 10.6 Å². The summed E-state index contributed by atoms with van der Waals surface area (Å²) in [6.45, 7) is 0. The third kappa shape index (κ3) is 3.19. The van der Waals surface area contributed by atoms with E-state index >= 15 is 0 Å². The van der Waals surface area contributed by atoms with Crippen LogP contribution in [0.2, 0.25) is 5.02 Å². The van der Waals surface area contributed by atoms with E-state index in [-0.39, 0.29) is 5.56 Å². The summed E-state index contributed by atoms with van der Waals surface area (Å²) in [7, 11) is 1.51. The molecule has 2 aromatic carbocycles. The van der Waals surface area contributed by atoms with Gasteiger partial charge in [0.1, 0.15) is 5.75 Å². The van der Waals surface area contributed by atoms with Gasteiger partial charge in [-0.1, -0.05) is 35.9 Å². The van der Waals surface area contributed by atoms with Crippen LogP contribution in [-0.2, 0) is 0 Å². The van der Waals surface area contributed by atoms with Gasteiger partial charge in [0.05, 0.1) is 12.7 Å². The minimum atomic E-state index is -0.991. The Hall–Kier alpha value is -2.26. The van der Waals surface area contributed by atoms with E-state index in [1.165, 1.54) is 7.11 Å². The van der Waals surface area contributed by atoms with Gasteiger partial charge < -0.3 is 9.84 Å². The van der Waals surface area contributed by atoms with Crippen LogP contribution >= 0.6 is 11.6 Å². The molecule has 0 heterocycles. The Morgan fingerprint density at radius 2 is 1.95 bits per heavy atom. The van der Waals surface area contributed by atoms with E-state index in [9.17, 15) is 9.90 Å². The molecule has 0 amide bonds. The summed E-state index contributed by atoms with van der Waals surface area (Å²) in [5, 5.41) is 9.85. The number of rotatable bonds is 4. The molecule has 0 aliphatic rings. The number of carboxylic acids is 1. The van der Waals surface area contributed by atoms with Crippen LogP contribution in [0.1, 0.15) is 21.5 Å². The third-order valence-corrected chi connectivity index (χ3v) is 3.04. The molecule has 0 bridgehead atoms. The Morgan fingerprint density at radius 3 is 2.60 bits per heavy atom. The number of carboxylic acid groups (broad SMARTS) is 1. The van der Waals surface area contributed by atoms with Crippen LogP contribution in [0.4, 0.5) is 0 Å². The van der Waals surface area contributed by atoms with Crippen molar-refractivity contribution in [2.75, 3.05) is 7.11 Å². The maximum atomic E-state index is 11.2. The van der Waals surface area contributed by atoms with E-state index in [1.807, 2.05) is 12.1 Å². The van der Waals surface area contributed by atoms with E-state index in [0.717, 1.165) is 5.56 Å². The molecule has 3 nitrogen and oxygen atoms in total. The molecule has 102 valence electrons. The predicted molar refractivity (Wildman–Crippen MR) is 80.3 cm³/mol. The van der Waals surface area contributed by atoms with Crippen molar-refractivity contribution in [1.29, 1.82) is 0 Å². The Morgan fingerprint density at radius 1 is 1.20 bits per heavy atom. The Labute approximate surface area is 122 Å². The van der Waals surface area contributed by atoms with Crippen LogP contribution in [0.5, 0.6) is 5.75 Å². The van der Waals surface area contributed by atoms with Crippen LogP contribution < -0.4 is 4.74 Å². The molecule has 1 N–H and O–H groups in total. The lowest BCUT2D eigenvalue weighted by Crippen LogP contribution is -2.01. The molecule has 0 saturated carbocycles. The SMILES string of the molecule is COc1cccc(C(=O)O)c1/C=C/c1cccc(Cl)c1. The van der Waals surface area contributed by atoms with Gasteiger partial charge in [-0.05, 0) is 35.9 Å². The van der Waals surface area contributed by atoms with Gasteiger partial charge in [0.2, 0.25) is 0 Å². The van der Waals surface area contributed by atoms with Gasteiger partial charge in [-0.3, -0.25) is 0 Å². The van der Waals surface area contributed by atoms with Gasteiger partial charge >= 0.3 is 5.97 Å². The summed E-state index contributed by atoms with van der Waals surface area (Å²) in [6, 6.07) is 12.2. The first kappa shape index (κ1) is 14.2. The first-order valence-electron chi connectivity index (χ1n) is 5.96. The second kappa shape index (κ2) is 6.26. The number of halogens is 1. The van der Waals surface area contributed by atoms with Gasteiger partial charge in [-0.15, -0.1) is 0 Å². The highest BCUT2D eigenvalue weighted by atomic mass is 35.5. The second-order valence-corrected chi connectivity index (χ2v) is 4.55. The average molecular weight is 289 g/mol. The number of hydrogen-bond acceptors (Lipinski definition) is 2. The minimum absolute atomic E-state index is 0.197. The predicted octanol–water partition coefficient (Wildman–Crippen LogP) is 4.22. The Kier molecular flexibility index (Phi) is 4.43. The lowest BCUT2D eigenvalue weighted by molar-refractivity contribution is 0.0696. The van der Waals surface area contributed by atoms with Crippen molar-refractivity contribution in [3.8, 4) is 5.75 Å². The lowest BCUT2D eigenvalue weighted by atomic mass is 10.0. The number of aromatic carboxylic acids is 1. The fourth-order valence-electron chi connectivity index (χ4n) is 1.87. The first-order chi connectivity index (χ1) is 9.61. The minimum Gasteiger partial charge on any atom is -0.496 e. The molecule has 0 atom stereocenters. The zero-order valence-electron chi connectivity index (χ0n) is 10.8. The van der Waals surface area contributed by atoms with Gasteiger partial charge in [-0.25, -0.2) is 4.79 Å². The van der Waals surface area contributed by atoms with Crippen LogP contribution in [0, 0.1) is 0 Å². The molecular formula is C16H13ClO3. The molecule has 0 fully saturated rings. The fourth-order valence-corrected chi connectivity index (χ4v) is 2.07. The van der Waals surface area contributed by atoms with Crippen LogP contribution in [0.3, 0.4) is 0 Å². The number of benzene rings is 2. The molecule has 0 aliphatic heterocycles. The van der Waals surface area contributed by atoms with Crippen molar-refractivity contribution in [3.05, 3.63) is 64.2 Å². The molecule has 2 rings (SSSR count). The maximum absolute atomic E-state index is 11.2. The third-order valence-electron chi connectivity index (χ3n) is 2.81. The molecule has 0 spiro atoms. The van der Waals surface area contributed by atoms with Gasteiger partial charge in [0.15, 0.2) is 0 Å². The zero-order chi connectivity index (χ0) is 14.5. The number of hydrogen-bond donors (Lipinski definition) is 1. The number of carbonyl (C=O) groups is 1. The van der Waals surface area contributed by atoms with Crippen molar-refractivity contribution in [2.24, 2.45) is 0 Å². The maximum Gasteiger partial charge on any atom is 0.336 e. The van der Waals surface area contributed by atoms with E-state index in [2.05, 4.69) is 0 Å². The second-order valence-electron chi connectivity index (χ2n) is 4.12. The summed E-state index contributed by atoms with van der Waals surface area (Å²) in [4.78, 5) is 11.2. The molecule has 0 unspecified atom stereocenters. The van der Waals surface area contributed by atoms with E-state index in [1.54, 1.807) is 42.5 Å². The zero-order valence-corrected chi connectivity index (χ0v) is 11.6. The van der Waals surface area contributed by atoms with Crippen molar-refractivity contribution in [3.63, 3.8) is 0 Å². The van der Waals surface area contributed by atoms with Crippen molar-refractivity contribution in [1.82, 2.24) is 0 Å². The highest BCUT2D eigenvalue weighted by molar-refractivity contribution is 6.30. The van der Waals surface area contributed by atoms with Crippen molar-refractivity contribution < 1.29 is 14.6 Å². The summed E-state index contributed by atoms with van der Waals surface area (Å²) < 4.78 is 5.21. The Balaban J connectivity index is 2.44. The van der Waals surface area contributed by atoms with E-state index in [4.69, 9.17) is 16.3 Å². The van der Waals surface area contributed by atoms with E-state index < -0.39 is 5.97 Å². The first-order valence-corrected chi connectivity index (χ1v) is 6.33. The molecular weight excluding hydrogens is 276 g/mol. The highest BCUT2D eigenvalue weighted by Gasteiger charge is 2.11. The monoisotopic (exact) mass is 288 g/mol. The molecule has 2 aromatic rings. The standard InChI is InChI=1S/C16H13ClO3/c1-20-15-7-3-6-14(16(18)19)13(15)9-8-11-4-2-5-12(17)10-11/h2-10H,1H3,(H,18,19)/b9-8+. The summed E-state index contributed by atoms with van der Waals surface area (Å²) in [6.07, 6.45) is 3.52. The topological polar surface area (TPSA) is 46.5 Å². The number of methoxy groups -OCH3 is 1. The van der Waals surface area contributed by atoms with Crippen LogP contribution in [0.15, 0.2) is 42.5 Å². The normalized spacial score (nSPS) is 10.7. The van der Waals surface area contributed by atoms with Gasteiger partial charge in [0.25, 0.3) is 0 Å². The van der Waals surface area contributed by atoms with Crippen molar-refractivity contribution in [2.45, 2.75) is 0 Å². The fraction of sp³-hybridized carbons (Fsp3) is 0.0625. The largest absolute Gasteiger partial charge is 0.496 e. The summed E-state index contributed by atoms with van der Waals surface area (Å²) >= 11 is 5.91. The molecule has 20 heavy (non-hydrogen) atoms. The van der Waals surface area contributed by atoms with Gasteiger partial charge in [-0.2, -0.15) is 0 Å². The molecule has 0 radical (unpaired) electrons. The molecule has 0 saturated heterocycles. The average Bonchev–Trinajstić information content (AvgIpc) is 2.44. The number of ether oxygens (including phenoxy) is 1. The molecule has 0 aliphatic carbocycles. The van der Waals surface area contributed by atoms with Crippen LogP contribution in [-0.4, -0.2) is 18.2 Å².